The number of carbonyl (C=O) groups is 1. The minimum atomic E-state index is -0.159. The zero-order chi connectivity index (χ0) is 20.8. The topological polar surface area (TPSA) is 50.8 Å². The Hall–Kier alpha value is -2.60. The number of rotatable bonds is 7. The van der Waals surface area contributed by atoms with Crippen LogP contribution in [0.15, 0.2) is 66.7 Å². The summed E-state index contributed by atoms with van der Waals surface area (Å²) in [6.07, 6.45) is 0. The normalized spacial score (nSPS) is 15.6. The van der Waals surface area contributed by atoms with Crippen LogP contribution < -0.4 is 10.1 Å². The summed E-state index contributed by atoms with van der Waals surface area (Å²) in [6, 6.07) is 21.7. The van der Waals surface area contributed by atoms with E-state index in [2.05, 4.69) is 10.2 Å². The van der Waals surface area contributed by atoms with Crippen molar-refractivity contribution >= 4 is 28.3 Å². The molecule has 1 aliphatic heterocycles. The van der Waals surface area contributed by atoms with Crippen LogP contribution in [0.4, 0.5) is 0 Å². The molecule has 1 fully saturated rings. The maximum Gasteiger partial charge on any atom is 0.258 e. The van der Waals surface area contributed by atoms with Crippen LogP contribution in [0.3, 0.4) is 0 Å². The van der Waals surface area contributed by atoms with Gasteiger partial charge in [-0.05, 0) is 34.5 Å². The van der Waals surface area contributed by atoms with E-state index in [1.807, 2.05) is 66.7 Å². The molecule has 1 atom stereocenters. The summed E-state index contributed by atoms with van der Waals surface area (Å²) in [7, 11) is 0. The third-order valence-electron chi connectivity index (χ3n) is 5.33. The second-order valence-electron chi connectivity index (χ2n) is 7.29. The predicted octanol–water partition coefficient (Wildman–Crippen LogP) is 4.06. The van der Waals surface area contributed by atoms with Gasteiger partial charge >= 0.3 is 0 Å². The van der Waals surface area contributed by atoms with E-state index in [0.717, 1.165) is 29.4 Å². The molecule has 6 heteroatoms. The zero-order valence-corrected chi connectivity index (χ0v) is 17.5. The minimum absolute atomic E-state index is 0.00720. The summed E-state index contributed by atoms with van der Waals surface area (Å²) in [5.74, 6) is 0.521. The van der Waals surface area contributed by atoms with Gasteiger partial charge in [0, 0.05) is 24.7 Å². The van der Waals surface area contributed by atoms with Gasteiger partial charge in [0.25, 0.3) is 5.91 Å². The molecular formula is C24H25ClN2O3. The Morgan fingerprint density at radius 2 is 1.77 bits per heavy atom. The third-order valence-corrected chi connectivity index (χ3v) is 5.68. The van der Waals surface area contributed by atoms with Gasteiger partial charge in [0.15, 0.2) is 6.61 Å². The molecule has 1 heterocycles. The van der Waals surface area contributed by atoms with Crippen molar-refractivity contribution in [3.05, 3.63) is 77.3 Å². The number of benzene rings is 3. The number of hydrogen-bond donors (Lipinski definition) is 1. The van der Waals surface area contributed by atoms with Gasteiger partial charge in [0.05, 0.1) is 19.3 Å². The highest BCUT2D eigenvalue weighted by molar-refractivity contribution is 6.31. The number of hydrogen-bond acceptors (Lipinski definition) is 4. The summed E-state index contributed by atoms with van der Waals surface area (Å²) in [4.78, 5) is 14.8. The largest absolute Gasteiger partial charge is 0.484 e. The average molecular weight is 425 g/mol. The van der Waals surface area contributed by atoms with Crippen molar-refractivity contribution < 1.29 is 14.3 Å². The zero-order valence-electron chi connectivity index (χ0n) is 16.7. The molecule has 5 nitrogen and oxygen atoms in total. The number of halogens is 1. The Bertz CT molecular complexity index is 1000. The minimum Gasteiger partial charge on any atom is -0.484 e. The Kier molecular flexibility index (Phi) is 6.84. The SMILES string of the molecule is O=C(COc1ccc2ccccc2c1)NCC(c1ccccc1Cl)N1CCOCC1. The van der Waals surface area contributed by atoms with E-state index in [0.29, 0.717) is 30.5 Å². The number of ether oxygens (including phenoxy) is 2. The molecule has 1 aliphatic rings. The van der Waals surface area contributed by atoms with Gasteiger partial charge in [-0.25, -0.2) is 0 Å². The number of nitrogens with zero attached hydrogens (tertiary/aromatic N) is 1. The number of fused-ring (bicyclic) bond motifs is 1. The number of morpholine rings is 1. The molecule has 156 valence electrons. The summed E-state index contributed by atoms with van der Waals surface area (Å²) in [6.45, 7) is 3.40. The van der Waals surface area contributed by atoms with Crippen LogP contribution >= 0.6 is 11.6 Å². The summed E-state index contributed by atoms with van der Waals surface area (Å²) in [5, 5.41) is 5.94. The molecular weight excluding hydrogens is 400 g/mol. The molecule has 0 aliphatic carbocycles. The van der Waals surface area contributed by atoms with Gasteiger partial charge in [-0.3, -0.25) is 9.69 Å². The van der Waals surface area contributed by atoms with Gasteiger partial charge in [0.1, 0.15) is 5.75 Å². The van der Waals surface area contributed by atoms with Crippen LogP contribution in [-0.4, -0.2) is 50.3 Å². The maximum absolute atomic E-state index is 12.5. The average Bonchev–Trinajstić information content (AvgIpc) is 2.79. The first kappa shape index (κ1) is 20.7. The van der Waals surface area contributed by atoms with E-state index in [1.54, 1.807) is 0 Å². The fourth-order valence-corrected chi connectivity index (χ4v) is 4.00. The predicted molar refractivity (Wildman–Crippen MR) is 119 cm³/mol. The van der Waals surface area contributed by atoms with E-state index in [4.69, 9.17) is 21.1 Å². The second-order valence-corrected chi connectivity index (χ2v) is 7.69. The molecule has 30 heavy (non-hydrogen) atoms. The Balaban J connectivity index is 1.37. The molecule has 0 spiro atoms. The van der Waals surface area contributed by atoms with Gasteiger partial charge in [-0.15, -0.1) is 0 Å². The summed E-state index contributed by atoms with van der Waals surface area (Å²) < 4.78 is 11.2. The molecule has 1 saturated heterocycles. The first-order valence-electron chi connectivity index (χ1n) is 10.2. The second kappa shape index (κ2) is 9.94. The Morgan fingerprint density at radius 1 is 1.03 bits per heavy atom. The van der Waals surface area contributed by atoms with Crippen molar-refractivity contribution in [2.45, 2.75) is 6.04 Å². The Morgan fingerprint density at radius 3 is 2.57 bits per heavy atom. The smallest absolute Gasteiger partial charge is 0.258 e. The standard InChI is InChI=1S/C24H25ClN2O3/c25-22-8-4-3-7-21(22)23(27-11-13-29-14-12-27)16-26-24(28)17-30-20-10-9-18-5-1-2-6-19(18)15-20/h1-10,15,23H,11-14,16-17H2,(H,26,28). The van der Waals surface area contributed by atoms with E-state index < -0.39 is 0 Å². The number of nitrogens with one attached hydrogen (secondary N) is 1. The first-order chi connectivity index (χ1) is 14.7. The first-order valence-corrected chi connectivity index (χ1v) is 10.5. The Labute approximate surface area is 181 Å². The van der Waals surface area contributed by atoms with Crippen LogP contribution in [0, 0.1) is 0 Å². The lowest BCUT2D eigenvalue weighted by Crippen LogP contribution is -2.44. The van der Waals surface area contributed by atoms with Crippen LogP contribution in [0.5, 0.6) is 5.75 Å². The summed E-state index contributed by atoms with van der Waals surface area (Å²) >= 11 is 6.45. The van der Waals surface area contributed by atoms with Crippen LogP contribution in [0.1, 0.15) is 11.6 Å². The molecule has 0 bridgehead atoms. The molecule has 4 rings (SSSR count). The van der Waals surface area contributed by atoms with Crippen molar-refractivity contribution in [3.63, 3.8) is 0 Å². The highest BCUT2D eigenvalue weighted by atomic mass is 35.5. The van der Waals surface area contributed by atoms with Crippen molar-refractivity contribution in [1.82, 2.24) is 10.2 Å². The van der Waals surface area contributed by atoms with Crippen molar-refractivity contribution in [3.8, 4) is 5.75 Å². The maximum atomic E-state index is 12.5. The van der Waals surface area contributed by atoms with Crippen LogP contribution in [0.2, 0.25) is 5.02 Å². The summed E-state index contributed by atoms with van der Waals surface area (Å²) in [5.41, 5.74) is 1.01. The van der Waals surface area contributed by atoms with Gasteiger partial charge in [-0.2, -0.15) is 0 Å². The molecule has 1 amide bonds. The molecule has 0 saturated carbocycles. The lowest BCUT2D eigenvalue weighted by Gasteiger charge is -2.35. The van der Waals surface area contributed by atoms with E-state index in [9.17, 15) is 4.79 Å². The fraction of sp³-hybridized carbons (Fsp3) is 0.292. The molecule has 1 unspecified atom stereocenters. The molecule has 0 aromatic heterocycles. The highest BCUT2D eigenvalue weighted by Gasteiger charge is 2.24. The van der Waals surface area contributed by atoms with Crippen molar-refractivity contribution in [1.29, 1.82) is 0 Å². The number of carbonyl (C=O) groups excluding carboxylic acids is 1. The molecule has 1 N–H and O–H groups in total. The fourth-order valence-electron chi connectivity index (χ4n) is 3.74. The third kappa shape index (κ3) is 5.11. The molecule has 3 aromatic carbocycles. The van der Waals surface area contributed by atoms with Crippen molar-refractivity contribution in [2.75, 3.05) is 39.5 Å². The quantitative estimate of drug-likeness (QED) is 0.621. The molecule has 3 aromatic rings. The number of amides is 1. The monoisotopic (exact) mass is 424 g/mol. The van der Waals surface area contributed by atoms with Crippen LogP contribution in [-0.2, 0) is 9.53 Å². The van der Waals surface area contributed by atoms with Gasteiger partial charge in [-0.1, -0.05) is 60.1 Å². The van der Waals surface area contributed by atoms with Gasteiger partial charge in [0.2, 0.25) is 0 Å². The van der Waals surface area contributed by atoms with E-state index in [-0.39, 0.29) is 18.6 Å². The van der Waals surface area contributed by atoms with E-state index >= 15 is 0 Å². The molecule has 0 radical (unpaired) electrons. The lowest BCUT2D eigenvalue weighted by molar-refractivity contribution is -0.123. The highest BCUT2D eigenvalue weighted by Crippen LogP contribution is 2.28. The van der Waals surface area contributed by atoms with Crippen LogP contribution in [0.25, 0.3) is 10.8 Å². The van der Waals surface area contributed by atoms with Gasteiger partial charge < -0.3 is 14.8 Å². The van der Waals surface area contributed by atoms with Crippen molar-refractivity contribution in [2.24, 2.45) is 0 Å². The lowest BCUT2D eigenvalue weighted by atomic mass is 10.0. The van der Waals surface area contributed by atoms with E-state index in [1.165, 1.54) is 0 Å².